The highest BCUT2D eigenvalue weighted by Crippen LogP contribution is 2.34. The molecule has 0 aromatic carbocycles. The zero-order valence-corrected chi connectivity index (χ0v) is 10.1. The van der Waals surface area contributed by atoms with Crippen LogP contribution in [-0.4, -0.2) is 36.2 Å². The second kappa shape index (κ2) is 4.81. The van der Waals surface area contributed by atoms with Crippen molar-refractivity contribution < 1.29 is 23.8 Å². The molecule has 0 aliphatic heterocycles. The molecule has 1 fully saturated rings. The van der Waals surface area contributed by atoms with E-state index in [1.807, 2.05) is 0 Å². The van der Waals surface area contributed by atoms with Crippen molar-refractivity contribution in [1.29, 1.82) is 0 Å². The molecule has 1 aromatic rings. The van der Waals surface area contributed by atoms with Gasteiger partial charge < -0.3 is 19.6 Å². The largest absolute Gasteiger partial charge is 0.478 e. The van der Waals surface area contributed by atoms with E-state index < -0.39 is 11.9 Å². The van der Waals surface area contributed by atoms with Gasteiger partial charge in [-0.05, 0) is 19.3 Å². The highest BCUT2D eigenvalue weighted by molar-refractivity contribution is 5.95. The van der Waals surface area contributed by atoms with Crippen LogP contribution in [0.4, 0.5) is 0 Å². The summed E-state index contributed by atoms with van der Waals surface area (Å²) >= 11 is 0. The van der Waals surface area contributed by atoms with Crippen LogP contribution in [0.5, 0.6) is 0 Å². The van der Waals surface area contributed by atoms with Gasteiger partial charge in [0, 0.05) is 19.7 Å². The first-order valence-electron chi connectivity index (χ1n) is 5.71. The van der Waals surface area contributed by atoms with Crippen LogP contribution in [-0.2, 0) is 4.74 Å². The van der Waals surface area contributed by atoms with Gasteiger partial charge in [-0.1, -0.05) is 0 Å². The van der Waals surface area contributed by atoms with Crippen LogP contribution in [0, 0.1) is 0 Å². The number of amides is 1. The highest BCUT2D eigenvalue weighted by Gasteiger charge is 2.37. The zero-order chi connectivity index (χ0) is 13.2. The molecule has 18 heavy (non-hydrogen) atoms. The summed E-state index contributed by atoms with van der Waals surface area (Å²) in [6, 6.07) is 1.21. The Hall–Kier alpha value is -1.82. The van der Waals surface area contributed by atoms with Gasteiger partial charge in [0.15, 0.2) is 5.76 Å². The number of nitrogens with one attached hydrogen (secondary N) is 1. The van der Waals surface area contributed by atoms with Crippen molar-refractivity contribution in [3.05, 3.63) is 23.7 Å². The average molecular weight is 253 g/mol. The maximum absolute atomic E-state index is 11.7. The quantitative estimate of drug-likeness (QED) is 0.825. The first-order chi connectivity index (χ1) is 8.56. The molecule has 0 atom stereocenters. The third-order valence-corrected chi connectivity index (χ3v) is 3.34. The molecule has 1 amide bonds. The number of carboxylic acid groups (broad SMARTS) is 1. The molecular weight excluding hydrogens is 238 g/mol. The zero-order valence-electron chi connectivity index (χ0n) is 10.1. The van der Waals surface area contributed by atoms with Crippen LogP contribution < -0.4 is 5.32 Å². The van der Waals surface area contributed by atoms with Crippen LogP contribution in [0.1, 0.15) is 40.2 Å². The Labute approximate surface area is 104 Å². The van der Waals surface area contributed by atoms with Gasteiger partial charge in [-0.2, -0.15) is 0 Å². The van der Waals surface area contributed by atoms with Crippen molar-refractivity contribution in [3.8, 4) is 0 Å². The maximum Gasteiger partial charge on any atom is 0.338 e. The molecule has 0 unspecified atom stereocenters. The Kier molecular flexibility index (Phi) is 3.38. The summed E-state index contributed by atoms with van der Waals surface area (Å²) < 4.78 is 10.3. The minimum atomic E-state index is -1.12. The van der Waals surface area contributed by atoms with Crippen molar-refractivity contribution in [2.75, 3.05) is 13.7 Å². The molecule has 1 aromatic heterocycles. The Morgan fingerprint density at radius 2 is 2.28 bits per heavy atom. The van der Waals surface area contributed by atoms with E-state index in [-0.39, 0.29) is 16.9 Å². The molecule has 0 radical (unpaired) electrons. The van der Waals surface area contributed by atoms with E-state index in [2.05, 4.69) is 5.32 Å². The van der Waals surface area contributed by atoms with Crippen molar-refractivity contribution >= 4 is 11.9 Å². The van der Waals surface area contributed by atoms with Gasteiger partial charge in [-0.3, -0.25) is 4.79 Å². The van der Waals surface area contributed by atoms with E-state index >= 15 is 0 Å². The molecule has 1 aliphatic rings. The van der Waals surface area contributed by atoms with Gasteiger partial charge in [0.25, 0.3) is 5.91 Å². The fraction of sp³-hybridized carbons (Fsp3) is 0.500. The number of methoxy groups -OCH3 is 1. The lowest BCUT2D eigenvalue weighted by atomic mass is 9.80. The smallest absolute Gasteiger partial charge is 0.338 e. The predicted molar refractivity (Wildman–Crippen MR) is 61.6 cm³/mol. The molecule has 0 bridgehead atoms. The van der Waals surface area contributed by atoms with Gasteiger partial charge in [0.1, 0.15) is 6.26 Å². The minimum Gasteiger partial charge on any atom is -0.478 e. The number of hydrogen-bond acceptors (Lipinski definition) is 4. The van der Waals surface area contributed by atoms with E-state index in [0.29, 0.717) is 6.54 Å². The summed E-state index contributed by atoms with van der Waals surface area (Å²) in [4.78, 5) is 22.4. The summed E-state index contributed by atoms with van der Waals surface area (Å²) in [5, 5.41) is 11.4. The molecule has 1 aliphatic carbocycles. The Balaban J connectivity index is 1.93. The molecule has 0 spiro atoms. The first kappa shape index (κ1) is 12.6. The standard InChI is InChI=1S/C12H15NO5/c1-17-12(3-2-4-12)7-13-10(14)9-5-8(6-18-9)11(15)16/h5-6H,2-4,7H2,1H3,(H,13,14)(H,15,16). The Bertz CT molecular complexity index is 455. The van der Waals surface area contributed by atoms with Gasteiger partial charge in [0.05, 0.1) is 11.2 Å². The lowest BCUT2D eigenvalue weighted by Crippen LogP contribution is -2.49. The average Bonchev–Trinajstić information content (AvgIpc) is 2.77. The minimum absolute atomic E-state index is 0.00187. The lowest BCUT2D eigenvalue weighted by Gasteiger charge is -2.40. The summed E-state index contributed by atoms with van der Waals surface area (Å²) in [5.41, 5.74) is -0.303. The van der Waals surface area contributed by atoms with Crippen LogP contribution in [0.15, 0.2) is 16.7 Å². The molecule has 98 valence electrons. The Morgan fingerprint density at radius 3 is 2.72 bits per heavy atom. The summed E-state index contributed by atoms with van der Waals surface area (Å²) in [7, 11) is 1.63. The molecule has 0 saturated heterocycles. The number of carbonyl (C=O) groups is 2. The van der Waals surface area contributed by atoms with Crippen LogP contribution in [0.2, 0.25) is 0 Å². The molecular formula is C12H15NO5. The number of carboxylic acids is 1. The predicted octanol–water partition coefficient (Wildman–Crippen LogP) is 1.28. The molecule has 1 saturated carbocycles. The monoisotopic (exact) mass is 253 g/mol. The van der Waals surface area contributed by atoms with E-state index in [0.717, 1.165) is 25.5 Å². The van der Waals surface area contributed by atoms with Crippen molar-refractivity contribution in [2.45, 2.75) is 24.9 Å². The normalized spacial score (nSPS) is 16.9. The van der Waals surface area contributed by atoms with Crippen LogP contribution >= 0.6 is 0 Å². The first-order valence-corrected chi connectivity index (χ1v) is 5.71. The fourth-order valence-corrected chi connectivity index (χ4v) is 1.92. The van der Waals surface area contributed by atoms with Crippen molar-refractivity contribution in [1.82, 2.24) is 5.32 Å². The van der Waals surface area contributed by atoms with Crippen molar-refractivity contribution in [3.63, 3.8) is 0 Å². The highest BCUT2D eigenvalue weighted by atomic mass is 16.5. The molecule has 6 heteroatoms. The second-order valence-corrected chi connectivity index (χ2v) is 4.43. The summed E-state index contributed by atoms with van der Waals surface area (Å²) in [5.74, 6) is -1.55. The number of carbonyl (C=O) groups excluding carboxylic acids is 1. The summed E-state index contributed by atoms with van der Waals surface area (Å²) in [6.07, 6.45) is 3.98. The number of hydrogen-bond donors (Lipinski definition) is 2. The third kappa shape index (κ3) is 2.38. The van der Waals surface area contributed by atoms with Crippen LogP contribution in [0.25, 0.3) is 0 Å². The second-order valence-electron chi connectivity index (χ2n) is 4.43. The van der Waals surface area contributed by atoms with Gasteiger partial charge in [0.2, 0.25) is 0 Å². The summed E-state index contributed by atoms with van der Waals surface area (Å²) in [6.45, 7) is 0.408. The van der Waals surface area contributed by atoms with E-state index in [1.54, 1.807) is 7.11 Å². The molecule has 2 N–H and O–H groups in total. The van der Waals surface area contributed by atoms with E-state index in [1.165, 1.54) is 6.07 Å². The number of ether oxygens (including phenoxy) is 1. The number of furan rings is 1. The molecule has 6 nitrogen and oxygen atoms in total. The van der Waals surface area contributed by atoms with Gasteiger partial charge >= 0.3 is 5.97 Å². The number of rotatable bonds is 5. The molecule has 2 rings (SSSR count). The SMILES string of the molecule is COC1(CNC(=O)c2cc(C(=O)O)co2)CCC1. The van der Waals surface area contributed by atoms with Gasteiger partial charge in [-0.15, -0.1) is 0 Å². The maximum atomic E-state index is 11.7. The molecule has 1 heterocycles. The Morgan fingerprint density at radius 1 is 1.56 bits per heavy atom. The fourth-order valence-electron chi connectivity index (χ4n) is 1.92. The van der Waals surface area contributed by atoms with E-state index in [9.17, 15) is 9.59 Å². The lowest BCUT2D eigenvalue weighted by molar-refractivity contribution is -0.0680. The van der Waals surface area contributed by atoms with E-state index in [4.69, 9.17) is 14.3 Å². The van der Waals surface area contributed by atoms with Gasteiger partial charge in [-0.25, -0.2) is 4.79 Å². The van der Waals surface area contributed by atoms with Crippen LogP contribution in [0.3, 0.4) is 0 Å². The number of aromatic carboxylic acids is 1. The topological polar surface area (TPSA) is 88.8 Å². The van der Waals surface area contributed by atoms with Crippen molar-refractivity contribution in [2.24, 2.45) is 0 Å². The third-order valence-electron chi connectivity index (χ3n) is 3.34.